The standard InChI is InChI=1S/C12H25NOSi/c1-12(2,3)15(4,5)14-11-8-6-10(13)7-9-11/h11,13H,6-9H2,1-5H3. The topological polar surface area (TPSA) is 33.1 Å². The first-order valence-corrected chi connectivity index (χ1v) is 8.87. The number of nitrogens with one attached hydrogen (secondary N) is 1. The van der Waals surface area contributed by atoms with Crippen molar-refractivity contribution >= 4 is 14.0 Å². The van der Waals surface area contributed by atoms with E-state index in [-0.39, 0.29) is 0 Å². The van der Waals surface area contributed by atoms with Crippen molar-refractivity contribution in [2.24, 2.45) is 0 Å². The van der Waals surface area contributed by atoms with Crippen LogP contribution in [-0.2, 0) is 4.43 Å². The zero-order valence-corrected chi connectivity index (χ0v) is 11.8. The summed E-state index contributed by atoms with van der Waals surface area (Å²) in [6, 6.07) is 0. The molecule has 0 unspecified atom stereocenters. The molecule has 0 spiro atoms. The van der Waals surface area contributed by atoms with Crippen LogP contribution in [0.3, 0.4) is 0 Å². The molecule has 1 aliphatic rings. The van der Waals surface area contributed by atoms with Gasteiger partial charge in [0.15, 0.2) is 8.32 Å². The Balaban J connectivity index is 2.51. The fourth-order valence-corrected chi connectivity index (χ4v) is 3.07. The summed E-state index contributed by atoms with van der Waals surface area (Å²) in [6.45, 7) is 11.5. The van der Waals surface area contributed by atoms with Crippen LogP contribution in [-0.4, -0.2) is 20.1 Å². The van der Waals surface area contributed by atoms with Crippen molar-refractivity contribution in [1.82, 2.24) is 0 Å². The predicted octanol–water partition coefficient (Wildman–Crippen LogP) is 3.97. The van der Waals surface area contributed by atoms with Gasteiger partial charge >= 0.3 is 0 Å². The summed E-state index contributed by atoms with van der Waals surface area (Å²) in [5.74, 6) is 0. The molecule has 0 aromatic rings. The Morgan fingerprint density at radius 3 is 2.07 bits per heavy atom. The highest BCUT2D eigenvalue weighted by molar-refractivity contribution is 6.74. The molecule has 88 valence electrons. The first-order valence-electron chi connectivity index (χ1n) is 5.96. The molecule has 0 aliphatic heterocycles. The van der Waals surface area contributed by atoms with Crippen LogP contribution in [0.4, 0.5) is 0 Å². The predicted molar refractivity (Wildman–Crippen MR) is 68.3 cm³/mol. The summed E-state index contributed by atoms with van der Waals surface area (Å²) in [6.07, 6.45) is 4.43. The first kappa shape index (κ1) is 12.9. The summed E-state index contributed by atoms with van der Waals surface area (Å²) in [5, 5.41) is 7.89. The molecule has 1 rings (SSSR count). The molecule has 1 fully saturated rings. The van der Waals surface area contributed by atoms with Crippen LogP contribution >= 0.6 is 0 Å². The van der Waals surface area contributed by atoms with Crippen LogP contribution in [0.2, 0.25) is 18.1 Å². The van der Waals surface area contributed by atoms with Gasteiger partial charge < -0.3 is 9.84 Å². The van der Waals surface area contributed by atoms with Crippen LogP contribution in [0.15, 0.2) is 0 Å². The normalized spacial score (nSPS) is 24.3. The van der Waals surface area contributed by atoms with Crippen LogP contribution in [0, 0.1) is 5.41 Å². The Morgan fingerprint density at radius 1 is 1.20 bits per heavy atom. The highest BCUT2D eigenvalue weighted by Gasteiger charge is 2.39. The van der Waals surface area contributed by atoms with E-state index in [9.17, 15) is 0 Å². The molecule has 2 nitrogen and oxygen atoms in total. The summed E-state index contributed by atoms with van der Waals surface area (Å²) >= 11 is 0. The molecule has 1 N–H and O–H groups in total. The van der Waals surface area contributed by atoms with Gasteiger partial charge in [-0.3, -0.25) is 0 Å². The monoisotopic (exact) mass is 227 g/mol. The van der Waals surface area contributed by atoms with Gasteiger partial charge in [0, 0.05) is 11.8 Å². The van der Waals surface area contributed by atoms with Gasteiger partial charge in [0.05, 0.1) is 0 Å². The van der Waals surface area contributed by atoms with Gasteiger partial charge in [0.25, 0.3) is 0 Å². The van der Waals surface area contributed by atoms with Crippen molar-refractivity contribution in [3.8, 4) is 0 Å². The maximum atomic E-state index is 7.59. The SMILES string of the molecule is CC(C)(C)[Si](C)(C)OC1CCC(=N)CC1. The highest BCUT2D eigenvalue weighted by Crippen LogP contribution is 2.38. The second-order valence-corrected chi connectivity index (χ2v) is 10.9. The molecule has 0 amide bonds. The minimum atomic E-state index is -1.58. The van der Waals surface area contributed by atoms with Crippen molar-refractivity contribution in [1.29, 1.82) is 5.41 Å². The summed E-state index contributed by atoms with van der Waals surface area (Å²) in [4.78, 5) is 0. The zero-order chi connectivity index (χ0) is 11.7. The van der Waals surface area contributed by atoms with Gasteiger partial charge in [0.1, 0.15) is 0 Å². The van der Waals surface area contributed by atoms with Crippen LogP contribution < -0.4 is 0 Å². The minimum absolute atomic E-state index is 0.304. The lowest BCUT2D eigenvalue weighted by molar-refractivity contribution is 0.159. The Morgan fingerprint density at radius 2 is 1.67 bits per heavy atom. The molecule has 3 heteroatoms. The van der Waals surface area contributed by atoms with Gasteiger partial charge in [0.2, 0.25) is 0 Å². The molecule has 0 bridgehead atoms. The summed E-state index contributed by atoms with van der Waals surface area (Å²) in [5.41, 5.74) is 0.907. The maximum Gasteiger partial charge on any atom is 0.192 e. The lowest BCUT2D eigenvalue weighted by Crippen LogP contribution is -2.44. The van der Waals surface area contributed by atoms with E-state index in [0.717, 1.165) is 31.4 Å². The van der Waals surface area contributed by atoms with E-state index in [1.807, 2.05) is 0 Å². The Bertz CT molecular complexity index is 232. The highest BCUT2D eigenvalue weighted by atomic mass is 28.4. The molecule has 0 aromatic heterocycles. The molecule has 0 radical (unpaired) electrons. The smallest absolute Gasteiger partial charge is 0.192 e. The van der Waals surface area contributed by atoms with Crippen LogP contribution in [0.5, 0.6) is 0 Å². The van der Waals surface area contributed by atoms with E-state index in [4.69, 9.17) is 9.84 Å². The number of hydrogen-bond donors (Lipinski definition) is 1. The summed E-state index contributed by atoms with van der Waals surface area (Å²) in [7, 11) is -1.58. The lowest BCUT2D eigenvalue weighted by Gasteiger charge is -2.40. The van der Waals surface area contributed by atoms with Gasteiger partial charge in [-0.15, -0.1) is 0 Å². The zero-order valence-electron chi connectivity index (χ0n) is 10.8. The number of hydrogen-bond acceptors (Lipinski definition) is 2. The minimum Gasteiger partial charge on any atom is -0.414 e. The third kappa shape index (κ3) is 3.42. The molecule has 1 aliphatic carbocycles. The maximum absolute atomic E-state index is 7.59. The van der Waals surface area contributed by atoms with Gasteiger partial charge in [-0.05, 0) is 43.8 Å². The van der Waals surface area contributed by atoms with Crippen LogP contribution in [0.1, 0.15) is 46.5 Å². The molecule has 0 atom stereocenters. The van der Waals surface area contributed by atoms with Gasteiger partial charge in [-0.2, -0.15) is 0 Å². The van der Waals surface area contributed by atoms with Crippen LogP contribution in [0.25, 0.3) is 0 Å². The van der Waals surface area contributed by atoms with E-state index < -0.39 is 8.32 Å². The second kappa shape index (κ2) is 4.38. The van der Waals surface area contributed by atoms with Gasteiger partial charge in [-0.1, -0.05) is 20.8 Å². The quantitative estimate of drug-likeness (QED) is 0.711. The van der Waals surface area contributed by atoms with Crippen molar-refractivity contribution in [3.05, 3.63) is 0 Å². The van der Waals surface area contributed by atoms with E-state index in [2.05, 4.69) is 33.9 Å². The van der Waals surface area contributed by atoms with E-state index in [1.54, 1.807) is 0 Å². The van der Waals surface area contributed by atoms with E-state index in [0.29, 0.717) is 11.1 Å². The Hall–Kier alpha value is -0.153. The third-order valence-electron chi connectivity index (χ3n) is 3.80. The average Bonchev–Trinajstić information content (AvgIpc) is 2.06. The number of rotatable bonds is 2. The third-order valence-corrected chi connectivity index (χ3v) is 8.34. The molecule has 1 saturated carbocycles. The van der Waals surface area contributed by atoms with Crippen molar-refractivity contribution in [2.45, 2.75) is 70.7 Å². The summed E-state index contributed by atoms with van der Waals surface area (Å²) < 4.78 is 6.33. The lowest BCUT2D eigenvalue weighted by atomic mass is 9.96. The molecule has 15 heavy (non-hydrogen) atoms. The molecule has 0 heterocycles. The average molecular weight is 227 g/mol. The molecular formula is C12H25NOSi. The van der Waals surface area contributed by atoms with Crippen molar-refractivity contribution in [3.63, 3.8) is 0 Å². The molecular weight excluding hydrogens is 202 g/mol. The van der Waals surface area contributed by atoms with E-state index >= 15 is 0 Å². The van der Waals surface area contributed by atoms with E-state index in [1.165, 1.54) is 0 Å². The van der Waals surface area contributed by atoms with Crippen molar-refractivity contribution in [2.75, 3.05) is 0 Å². The molecule has 0 aromatic carbocycles. The van der Waals surface area contributed by atoms with Crippen molar-refractivity contribution < 1.29 is 4.43 Å². The second-order valence-electron chi connectivity index (χ2n) is 6.18. The van der Waals surface area contributed by atoms with Gasteiger partial charge in [-0.25, -0.2) is 0 Å². The largest absolute Gasteiger partial charge is 0.414 e. The molecule has 0 saturated heterocycles. The fourth-order valence-electron chi connectivity index (χ4n) is 1.65. The first-order chi connectivity index (χ1) is 6.72. The Kier molecular flexibility index (Phi) is 3.77. The Labute approximate surface area is 95.1 Å². The fraction of sp³-hybridized carbons (Fsp3) is 0.917.